The molecule has 0 aliphatic carbocycles. The van der Waals surface area contributed by atoms with Crippen LogP contribution in [0.15, 0.2) is 66.1 Å². The molecule has 1 saturated heterocycles. The zero-order chi connectivity index (χ0) is 23.3. The highest BCUT2D eigenvalue weighted by Gasteiger charge is 2.44. The van der Waals surface area contributed by atoms with E-state index in [9.17, 15) is 18.3 Å². The third-order valence-electron chi connectivity index (χ3n) is 5.71. The van der Waals surface area contributed by atoms with E-state index in [0.29, 0.717) is 19.3 Å². The number of benzene rings is 2. The third-order valence-corrected chi connectivity index (χ3v) is 7.17. The van der Waals surface area contributed by atoms with Crippen molar-refractivity contribution in [2.24, 2.45) is 5.92 Å². The molecule has 3 rings (SSSR count). The van der Waals surface area contributed by atoms with Crippen LogP contribution in [0.5, 0.6) is 5.75 Å². The van der Waals surface area contributed by atoms with E-state index in [2.05, 4.69) is 11.3 Å². The summed E-state index contributed by atoms with van der Waals surface area (Å²) in [6.45, 7) is 5.59. The number of hydrogen-bond donors (Lipinski definition) is 2. The van der Waals surface area contributed by atoms with Crippen LogP contribution in [0.25, 0.3) is 0 Å². The molecule has 1 aliphatic heterocycles. The van der Waals surface area contributed by atoms with E-state index in [1.807, 2.05) is 31.2 Å². The lowest BCUT2D eigenvalue weighted by atomic mass is 9.89. The number of carboxylic acid groups (broad SMARTS) is 1. The lowest BCUT2D eigenvalue weighted by Crippen LogP contribution is -2.48. The number of sulfonamides is 1. The van der Waals surface area contributed by atoms with Crippen LogP contribution < -0.4 is 9.46 Å². The molecule has 4 atom stereocenters. The Morgan fingerprint density at radius 1 is 1.25 bits per heavy atom. The number of ether oxygens (including phenoxy) is 2. The maximum atomic E-state index is 12.9. The molecule has 0 unspecified atom stereocenters. The van der Waals surface area contributed by atoms with Crippen LogP contribution in [0.3, 0.4) is 0 Å². The standard InChI is InChI=1S/C24H29NO6S/c1-4-5-22-21(15-19(31-22)14-17-8-10-18(30-3)11-9-17)23(24(26)27)25-32(28,29)20-12-6-16(2)7-13-20/h4,6-13,19,21-23,25H,1,5,14-15H2,2-3H3,(H,26,27)/t19-,21-,22+,23+/m0/s1. The summed E-state index contributed by atoms with van der Waals surface area (Å²) in [5.74, 6) is -1.01. The Labute approximate surface area is 189 Å². The molecule has 32 heavy (non-hydrogen) atoms. The first-order valence-electron chi connectivity index (χ1n) is 10.4. The molecule has 0 saturated carbocycles. The van der Waals surface area contributed by atoms with Gasteiger partial charge in [-0.15, -0.1) is 6.58 Å². The van der Waals surface area contributed by atoms with Gasteiger partial charge in [-0.1, -0.05) is 35.9 Å². The molecule has 172 valence electrons. The second-order valence-electron chi connectivity index (χ2n) is 8.02. The maximum absolute atomic E-state index is 12.9. The number of hydrogen-bond acceptors (Lipinski definition) is 5. The van der Waals surface area contributed by atoms with Gasteiger partial charge in [0.2, 0.25) is 10.0 Å². The van der Waals surface area contributed by atoms with Crippen molar-refractivity contribution >= 4 is 16.0 Å². The lowest BCUT2D eigenvalue weighted by molar-refractivity contribution is -0.141. The molecule has 0 radical (unpaired) electrons. The Morgan fingerprint density at radius 2 is 1.91 bits per heavy atom. The van der Waals surface area contributed by atoms with Crippen molar-refractivity contribution in [3.63, 3.8) is 0 Å². The van der Waals surface area contributed by atoms with E-state index < -0.39 is 34.1 Å². The van der Waals surface area contributed by atoms with Crippen LogP contribution in [-0.2, 0) is 26.0 Å². The van der Waals surface area contributed by atoms with Gasteiger partial charge in [0.05, 0.1) is 24.2 Å². The molecule has 2 aromatic carbocycles. The van der Waals surface area contributed by atoms with E-state index >= 15 is 0 Å². The van der Waals surface area contributed by atoms with Gasteiger partial charge in [0.25, 0.3) is 0 Å². The van der Waals surface area contributed by atoms with Crippen molar-refractivity contribution in [2.75, 3.05) is 7.11 Å². The number of aryl methyl sites for hydroxylation is 1. The number of nitrogens with one attached hydrogen (secondary N) is 1. The average Bonchev–Trinajstić information content (AvgIpc) is 3.15. The van der Waals surface area contributed by atoms with Crippen LogP contribution in [0.1, 0.15) is 24.0 Å². The van der Waals surface area contributed by atoms with E-state index in [4.69, 9.17) is 9.47 Å². The summed E-state index contributed by atoms with van der Waals surface area (Å²) in [4.78, 5) is 12.1. The molecule has 0 spiro atoms. The smallest absolute Gasteiger partial charge is 0.322 e. The number of carboxylic acids is 1. The largest absolute Gasteiger partial charge is 0.497 e. The van der Waals surface area contributed by atoms with Gasteiger partial charge >= 0.3 is 5.97 Å². The quantitative estimate of drug-likeness (QED) is 0.529. The van der Waals surface area contributed by atoms with E-state index in [-0.39, 0.29) is 11.0 Å². The highest BCUT2D eigenvalue weighted by atomic mass is 32.2. The van der Waals surface area contributed by atoms with Gasteiger partial charge in [0.15, 0.2) is 0 Å². The van der Waals surface area contributed by atoms with Gasteiger partial charge in [0.1, 0.15) is 11.8 Å². The van der Waals surface area contributed by atoms with Crippen molar-refractivity contribution in [1.82, 2.24) is 4.72 Å². The van der Waals surface area contributed by atoms with Gasteiger partial charge in [0, 0.05) is 5.92 Å². The van der Waals surface area contributed by atoms with Crippen molar-refractivity contribution in [1.29, 1.82) is 0 Å². The van der Waals surface area contributed by atoms with E-state index in [0.717, 1.165) is 16.9 Å². The Balaban J connectivity index is 1.79. The van der Waals surface area contributed by atoms with Crippen LogP contribution in [0.4, 0.5) is 0 Å². The fourth-order valence-electron chi connectivity index (χ4n) is 4.03. The number of carbonyl (C=O) groups is 1. The Kier molecular flexibility index (Phi) is 7.71. The van der Waals surface area contributed by atoms with Crippen molar-refractivity contribution in [3.8, 4) is 5.75 Å². The van der Waals surface area contributed by atoms with Crippen LogP contribution >= 0.6 is 0 Å². The molecule has 2 N–H and O–H groups in total. The predicted molar refractivity (Wildman–Crippen MR) is 121 cm³/mol. The van der Waals surface area contributed by atoms with Crippen LogP contribution in [0, 0.1) is 12.8 Å². The molecule has 0 bridgehead atoms. The molecule has 2 aromatic rings. The predicted octanol–water partition coefficient (Wildman–Crippen LogP) is 3.33. The monoisotopic (exact) mass is 459 g/mol. The molecule has 0 aromatic heterocycles. The molecule has 1 heterocycles. The van der Waals surface area contributed by atoms with Crippen LogP contribution in [-0.4, -0.2) is 44.9 Å². The zero-order valence-corrected chi connectivity index (χ0v) is 19.0. The first-order valence-corrected chi connectivity index (χ1v) is 11.9. The molecular formula is C24H29NO6S. The van der Waals surface area contributed by atoms with E-state index in [1.54, 1.807) is 25.3 Å². The fraction of sp³-hybridized carbons (Fsp3) is 0.375. The highest BCUT2D eigenvalue weighted by Crippen LogP contribution is 2.34. The first-order chi connectivity index (χ1) is 15.2. The van der Waals surface area contributed by atoms with Gasteiger partial charge < -0.3 is 14.6 Å². The number of aliphatic carboxylic acids is 1. The summed E-state index contributed by atoms with van der Waals surface area (Å²) >= 11 is 0. The molecule has 8 heteroatoms. The Bertz CT molecular complexity index is 1030. The summed E-state index contributed by atoms with van der Waals surface area (Å²) < 4.78 is 39.5. The summed E-state index contributed by atoms with van der Waals surface area (Å²) in [7, 11) is -2.41. The first kappa shape index (κ1) is 24.0. The van der Waals surface area contributed by atoms with Crippen molar-refractivity contribution in [3.05, 3.63) is 72.3 Å². The van der Waals surface area contributed by atoms with Gasteiger partial charge in [-0.2, -0.15) is 4.72 Å². The molecule has 1 aliphatic rings. The average molecular weight is 460 g/mol. The Morgan fingerprint density at radius 3 is 2.47 bits per heavy atom. The minimum absolute atomic E-state index is 0.0309. The minimum atomic E-state index is -4.01. The molecule has 1 fully saturated rings. The highest BCUT2D eigenvalue weighted by molar-refractivity contribution is 7.89. The maximum Gasteiger partial charge on any atom is 0.322 e. The normalized spacial score (nSPS) is 21.8. The lowest BCUT2D eigenvalue weighted by Gasteiger charge is -2.24. The number of methoxy groups -OCH3 is 1. The fourth-order valence-corrected chi connectivity index (χ4v) is 5.27. The molecule has 7 nitrogen and oxygen atoms in total. The van der Waals surface area contributed by atoms with Crippen LogP contribution in [0.2, 0.25) is 0 Å². The van der Waals surface area contributed by atoms with Crippen molar-refractivity contribution in [2.45, 2.75) is 49.3 Å². The second-order valence-corrected chi connectivity index (χ2v) is 9.74. The van der Waals surface area contributed by atoms with Gasteiger partial charge in [-0.3, -0.25) is 4.79 Å². The zero-order valence-electron chi connectivity index (χ0n) is 18.2. The summed E-state index contributed by atoms with van der Waals surface area (Å²) in [5, 5.41) is 9.89. The molecule has 0 amide bonds. The van der Waals surface area contributed by atoms with Crippen molar-refractivity contribution < 1.29 is 27.8 Å². The summed E-state index contributed by atoms with van der Waals surface area (Å²) in [6.07, 6.45) is 2.42. The topological polar surface area (TPSA) is 102 Å². The number of rotatable bonds is 10. The second kappa shape index (κ2) is 10.3. The summed E-state index contributed by atoms with van der Waals surface area (Å²) in [5.41, 5.74) is 1.94. The van der Waals surface area contributed by atoms with Gasteiger partial charge in [-0.25, -0.2) is 8.42 Å². The van der Waals surface area contributed by atoms with Gasteiger partial charge in [-0.05, 0) is 56.0 Å². The third kappa shape index (κ3) is 5.76. The molecular weight excluding hydrogens is 430 g/mol. The van der Waals surface area contributed by atoms with E-state index in [1.165, 1.54) is 12.1 Å². The SMILES string of the molecule is C=CC[C@H]1O[C@@H](Cc2ccc(OC)cc2)C[C@@H]1[C@@H](NS(=O)(=O)c1ccc(C)cc1)C(=O)O. The minimum Gasteiger partial charge on any atom is -0.497 e. The Hall–Kier alpha value is -2.68. The summed E-state index contributed by atoms with van der Waals surface area (Å²) in [6, 6.07) is 12.6.